The van der Waals surface area contributed by atoms with Crippen LogP contribution in [0.4, 0.5) is 10.1 Å². The number of aromatic nitrogens is 2. The number of aryl methyl sites for hydroxylation is 1. The Morgan fingerprint density at radius 2 is 2.35 bits per heavy atom. The van der Waals surface area contributed by atoms with Crippen molar-refractivity contribution < 1.29 is 4.39 Å². The largest absolute Gasteiger partial charge is 0.380 e. The summed E-state index contributed by atoms with van der Waals surface area (Å²) in [5.74, 6) is -0.513. The highest BCUT2D eigenvalue weighted by molar-refractivity contribution is 5.58. The Bertz CT molecular complexity index is 568. The first kappa shape index (κ1) is 11.1. The van der Waals surface area contributed by atoms with Crippen LogP contribution in [-0.4, -0.2) is 10.2 Å². The summed E-state index contributed by atoms with van der Waals surface area (Å²) in [6.07, 6.45) is 1.70. The highest BCUT2D eigenvalue weighted by atomic mass is 19.1. The van der Waals surface area contributed by atoms with Crippen LogP contribution in [0.15, 0.2) is 24.4 Å². The van der Waals surface area contributed by atoms with Crippen LogP contribution in [0, 0.1) is 24.1 Å². The maximum atomic E-state index is 13.3. The number of benzene rings is 1. The summed E-state index contributed by atoms with van der Waals surface area (Å²) in [5, 5.41) is 18.6. The van der Waals surface area contributed by atoms with E-state index in [9.17, 15) is 4.39 Å². The number of H-pyrrole nitrogens is 1. The van der Waals surface area contributed by atoms with Gasteiger partial charge in [0.1, 0.15) is 17.4 Å². The fraction of sp³-hybridized carbons (Fsp3) is 0.167. The van der Waals surface area contributed by atoms with Gasteiger partial charge in [0.15, 0.2) is 0 Å². The zero-order valence-electron chi connectivity index (χ0n) is 9.29. The number of rotatable bonds is 3. The van der Waals surface area contributed by atoms with Gasteiger partial charge < -0.3 is 5.32 Å². The molecule has 0 saturated heterocycles. The van der Waals surface area contributed by atoms with Crippen molar-refractivity contribution in [2.24, 2.45) is 0 Å². The molecule has 86 valence electrons. The van der Waals surface area contributed by atoms with Gasteiger partial charge in [-0.15, -0.1) is 0 Å². The second-order valence-electron chi connectivity index (χ2n) is 3.65. The molecule has 5 heteroatoms. The van der Waals surface area contributed by atoms with Crippen LogP contribution in [0.1, 0.15) is 16.8 Å². The minimum absolute atomic E-state index is 0.0358. The molecule has 2 N–H and O–H groups in total. The molecule has 2 rings (SSSR count). The van der Waals surface area contributed by atoms with Gasteiger partial charge in [-0.1, -0.05) is 6.07 Å². The standard InChI is InChI=1S/C12H11FN4/c1-8-9(7-16-17-8)6-15-12-4-2-3-11(13)10(12)5-14/h2-4,7,15H,6H2,1H3,(H,16,17). The third-order valence-electron chi connectivity index (χ3n) is 2.53. The molecule has 2 aromatic rings. The van der Waals surface area contributed by atoms with E-state index in [-0.39, 0.29) is 5.56 Å². The van der Waals surface area contributed by atoms with Gasteiger partial charge in [-0.2, -0.15) is 10.4 Å². The molecular formula is C12H11FN4. The first-order valence-corrected chi connectivity index (χ1v) is 5.13. The summed E-state index contributed by atoms with van der Waals surface area (Å²) in [5.41, 5.74) is 2.47. The fourth-order valence-electron chi connectivity index (χ4n) is 1.53. The van der Waals surface area contributed by atoms with Crippen molar-refractivity contribution in [2.45, 2.75) is 13.5 Å². The quantitative estimate of drug-likeness (QED) is 0.850. The van der Waals surface area contributed by atoms with Gasteiger partial charge in [0.25, 0.3) is 0 Å². The van der Waals surface area contributed by atoms with E-state index in [1.165, 1.54) is 6.07 Å². The Morgan fingerprint density at radius 3 is 3.00 bits per heavy atom. The lowest BCUT2D eigenvalue weighted by Crippen LogP contribution is -2.02. The molecule has 0 amide bonds. The van der Waals surface area contributed by atoms with Gasteiger partial charge in [0, 0.05) is 17.8 Å². The molecule has 0 atom stereocenters. The first-order chi connectivity index (χ1) is 8.22. The van der Waals surface area contributed by atoms with Crippen LogP contribution < -0.4 is 5.32 Å². The summed E-state index contributed by atoms with van der Waals surface area (Å²) >= 11 is 0. The number of hydrogen-bond acceptors (Lipinski definition) is 3. The molecule has 17 heavy (non-hydrogen) atoms. The SMILES string of the molecule is Cc1[nH]ncc1CNc1cccc(F)c1C#N. The van der Waals surface area contributed by atoms with Gasteiger partial charge in [-0.25, -0.2) is 4.39 Å². The van der Waals surface area contributed by atoms with Crippen LogP contribution in [-0.2, 0) is 6.54 Å². The highest BCUT2D eigenvalue weighted by Gasteiger charge is 2.08. The van der Waals surface area contributed by atoms with Crippen molar-refractivity contribution in [3.05, 3.63) is 47.0 Å². The number of anilines is 1. The average molecular weight is 230 g/mol. The third-order valence-corrected chi connectivity index (χ3v) is 2.53. The van der Waals surface area contributed by atoms with Gasteiger partial charge >= 0.3 is 0 Å². The number of halogens is 1. The molecule has 1 aromatic carbocycles. The van der Waals surface area contributed by atoms with Crippen LogP contribution in [0.25, 0.3) is 0 Å². The lowest BCUT2D eigenvalue weighted by atomic mass is 10.1. The molecule has 0 aliphatic carbocycles. The number of hydrogen-bond donors (Lipinski definition) is 2. The fourth-order valence-corrected chi connectivity index (χ4v) is 1.53. The molecule has 0 radical (unpaired) electrons. The van der Waals surface area contributed by atoms with E-state index in [2.05, 4.69) is 15.5 Å². The van der Waals surface area contributed by atoms with E-state index in [4.69, 9.17) is 5.26 Å². The molecule has 0 aliphatic heterocycles. The Hall–Kier alpha value is -2.35. The van der Waals surface area contributed by atoms with Gasteiger partial charge in [0.05, 0.1) is 11.9 Å². The molecule has 0 unspecified atom stereocenters. The predicted octanol–water partition coefficient (Wildman–Crippen LogP) is 2.34. The Balaban J connectivity index is 2.18. The molecule has 0 fully saturated rings. The minimum atomic E-state index is -0.513. The summed E-state index contributed by atoms with van der Waals surface area (Å²) in [6.45, 7) is 2.40. The highest BCUT2D eigenvalue weighted by Crippen LogP contribution is 2.18. The molecular weight excluding hydrogens is 219 g/mol. The van der Waals surface area contributed by atoms with E-state index in [0.717, 1.165) is 11.3 Å². The summed E-state index contributed by atoms with van der Waals surface area (Å²) in [7, 11) is 0. The number of aromatic amines is 1. The first-order valence-electron chi connectivity index (χ1n) is 5.13. The van der Waals surface area contributed by atoms with Crippen LogP contribution in [0.2, 0.25) is 0 Å². The average Bonchev–Trinajstić information content (AvgIpc) is 2.72. The third kappa shape index (κ3) is 2.26. The van der Waals surface area contributed by atoms with Gasteiger partial charge in [-0.3, -0.25) is 5.10 Å². The van der Waals surface area contributed by atoms with E-state index < -0.39 is 5.82 Å². The number of nitriles is 1. The normalized spacial score (nSPS) is 9.94. The summed E-state index contributed by atoms with van der Waals surface area (Å²) in [6, 6.07) is 6.37. The predicted molar refractivity (Wildman–Crippen MR) is 61.8 cm³/mol. The van der Waals surface area contributed by atoms with Crippen LogP contribution in [0.3, 0.4) is 0 Å². The van der Waals surface area contributed by atoms with E-state index >= 15 is 0 Å². The molecule has 0 spiro atoms. The second-order valence-corrected chi connectivity index (χ2v) is 3.65. The molecule has 0 bridgehead atoms. The minimum Gasteiger partial charge on any atom is -0.380 e. The molecule has 1 heterocycles. The zero-order valence-corrected chi connectivity index (χ0v) is 9.29. The monoisotopic (exact) mass is 230 g/mol. The second kappa shape index (κ2) is 4.66. The Labute approximate surface area is 98.1 Å². The topological polar surface area (TPSA) is 64.5 Å². The maximum absolute atomic E-state index is 13.3. The van der Waals surface area contributed by atoms with E-state index in [0.29, 0.717) is 12.2 Å². The van der Waals surface area contributed by atoms with Gasteiger partial charge in [-0.05, 0) is 19.1 Å². The lowest BCUT2D eigenvalue weighted by Gasteiger charge is -2.07. The van der Waals surface area contributed by atoms with Crippen LogP contribution in [0.5, 0.6) is 0 Å². The van der Waals surface area contributed by atoms with E-state index in [1.807, 2.05) is 13.0 Å². The van der Waals surface area contributed by atoms with E-state index in [1.54, 1.807) is 18.3 Å². The number of nitrogens with one attached hydrogen (secondary N) is 2. The van der Waals surface area contributed by atoms with Crippen molar-refractivity contribution in [2.75, 3.05) is 5.32 Å². The molecule has 4 nitrogen and oxygen atoms in total. The molecule has 0 saturated carbocycles. The molecule has 0 aliphatic rings. The van der Waals surface area contributed by atoms with Crippen molar-refractivity contribution in [1.82, 2.24) is 10.2 Å². The smallest absolute Gasteiger partial charge is 0.143 e. The lowest BCUT2D eigenvalue weighted by molar-refractivity contribution is 0.624. The number of nitrogens with zero attached hydrogens (tertiary/aromatic N) is 2. The van der Waals surface area contributed by atoms with Crippen molar-refractivity contribution in [1.29, 1.82) is 5.26 Å². The maximum Gasteiger partial charge on any atom is 0.143 e. The summed E-state index contributed by atoms with van der Waals surface area (Å²) in [4.78, 5) is 0. The van der Waals surface area contributed by atoms with Crippen LogP contribution >= 0.6 is 0 Å². The summed E-state index contributed by atoms with van der Waals surface area (Å²) < 4.78 is 13.3. The Kier molecular flexibility index (Phi) is 3.06. The zero-order chi connectivity index (χ0) is 12.3. The van der Waals surface area contributed by atoms with Crippen molar-refractivity contribution >= 4 is 5.69 Å². The van der Waals surface area contributed by atoms with Gasteiger partial charge in [0.2, 0.25) is 0 Å². The van der Waals surface area contributed by atoms with Crippen molar-refractivity contribution in [3.8, 4) is 6.07 Å². The Morgan fingerprint density at radius 1 is 1.53 bits per heavy atom. The molecule has 1 aromatic heterocycles. The van der Waals surface area contributed by atoms with Crippen molar-refractivity contribution in [3.63, 3.8) is 0 Å².